The zero-order valence-corrected chi connectivity index (χ0v) is 13.5. The molecule has 7 nitrogen and oxygen atoms in total. The van der Waals surface area contributed by atoms with E-state index in [1.54, 1.807) is 11.4 Å². The number of hydrogen-bond donors (Lipinski definition) is 1. The standard InChI is InChI=1S/C15H20N6O/c1-8(2)12-7-14(21-13(18-12)6-9(3)19-21)16-10(4)15-17-11(5)20-22-15/h6-8,10,16H,1-5H3/t10-/m0/s1. The molecule has 0 saturated carbocycles. The lowest BCUT2D eigenvalue weighted by Gasteiger charge is -2.14. The fraction of sp³-hybridized carbons (Fsp3) is 0.467. The molecule has 0 aromatic carbocycles. The molecule has 1 N–H and O–H groups in total. The van der Waals surface area contributed by atoms with Crippen LogP contribution in [0.3, 0.4) is 0 Å². The van der Waals surface area contributed by atoms with Gasteiger partial charge in [-0.1, -0.05) is 19.0 Å². The van der Waals surface area contributed by atoms with Crippen LogP contribution < -0.4 is 5.32 Å². The van der Waals surface area contributed by atoms with Gasteiger partial charge in [0, 0.05) is 17.8 Å². The molecule has 0 amide bonds. The molecule has 7 heteroatoms. The molecule has 0 fully saturated rings. The molecule has 116 valence electrons. The number of aromatic nitrogens is 5. The van der Waals surface area contributed by atoms with E-state index in [1.165, 1.54) is 0 Å². The fourth-order valence-electron chi connectivity index (χ4n) is 2.28. The predicted octanol–water partition coefficient (Wildman–Crippen LogP) is 3.03. The topological polar surface area (TPSA) is 81.1 Å². The first-order valence-corrected chi connectivity index (χ1v) is 7.38. The number of fused-ring (bicyclic) bond motifs is 1. The van der Waals surface area contributed by atoms with Crippen LogP contribution in [0.25, 0.3) is 5.65 Å². The SMILES string of the molecule is Cc1cc2nc(C(C)C)cc(N[C@@H](C)c3nc(C)no3)n2n1. The number of hydrogen-bond acceptors (Lipinski definition) is 6. The van der Waals surface area contributed by atoms with Crippen molar-refractivity contribution in [2.75, 3.05) is 5.32 Å². The zero-order valence-electron chi connectivity index (χ0n) is 13.5. The number of nitrogens with zero attached hydrogens (tertiary/aromatic N) is 5. The summed E-state index contributed by atoms with van der Waals surface area (Å²) < 4.78 is 7.03. The molecule has 3 aromatic heterocycles. The van der Waals surface area contributed by atoms with Crippen LogP contribution in [0.1, 0.15) is 55.8 Å². The van der Waals surface area contributed by atoms with E-state index in [-0.39, 0.29) is 6.04 Å². The average molecular weight is 300 g/mol. The van der Waals surface area contributed by atoms with E-state index in [0.717, 1.165) is 22.9 Å². The van der Waals surface area contributed by atoms with Gasteiger partial charge in [0.2, 0.25) is 5.89 Å². The van der Waals surface area contributed by atoms with Crippen molar-refractivity contribution in [2.45, 2.75) is 46.6 Å². The second kappa shape index (κ2) is 5.40. The maximum absolute atomic E-state index is 5.22. The van der Waals surface area contributed by atoms with Gasteiger partial charge in [-0.3, -0.25) is 0 Å². The van der Waals surface area contributed by atoms with Gasteiger partial charge in [-0.2, -0.15) is 14.6 Å². The highest BCUT2D eigenvalue weighted by molar-refractivity contribution is 5.51. The predicted molar refractivity (Wildman–Crippen MR) is 82.9 cm³/mol. The first kappa shape index (κ1) is 14.5. The lowest BCUT2D eigenvalue weighted by atomic mass is 10.1. The monoisotopic (exact) mass is 300 g/mol. The number of aryl methyl sites for hydroxylation is 2. The van der Waals surface area contributed by atoms with E-state index in [0.29, 0.717) is 17.6 Å². The maximum atomic E-state index is 5.22. The van der Waals surface area contributed by atoms with Gasteiger partial charge in [-0.25, -0.2) is 4.98 Å². The van der Waals surface area contributed by atoms with Gasteiger partial charge in [-0.05, 0) is 26.7 Å². The van der Waals surface area contributed by atoms with Gasteiger partial charge in [0.1, 0.15) is 11.9 Å². The molecule has 0 aliphatic heterocycles. The van der Waals surface area contributed by atoms with Crippen molar-refractivity contribution in [3.05, 3.63) is 35.2 Å². The summed E-state index contributed by atoms with van der Waals surface area (Å²) in [5.74, 6) is 2.38. The van der Waals surface area contributed by atoms with E-state index in [4.69, 9.17) is 4.52 Å². The Balaban J connectivity index is 2.01. The van der Waals surface area contributed by atoms with Crippen LogP contribution in [-0.2, 0) is 0 Å². The van der Waals surface area contributed by atoms with Crippen LogP contribution in [0.5, 0.6) is 0 Å². The van der Waals surface area contributed by atoms with Crippen LogP contribution in [0.4, 0.5) is 5.82 Å². The van der Waals surface area contributed by atoms with E-state index in [9.17, 15) is 0 Å². The molecule has 1 atom stereocenters. The number of rotatable bonds is 4. The van der Waals surface area contributed by atoms with Crippen molar-refractivity contribution in [1.82, 2.24) is 24.7 Å². The second-order valence-corrected chi connectivity index (χ2v) is 5.82. The molecule has 0 aliphatic carbocycles. The van der Waals surface area contributed by atoms with Gasteiger partial charge in [-0.15, -0.1) is 0 Å². The highest BCUT2D eigenvalue weighted by Crippen LogP contribution is 2.23. The largest absolute Gasteiger partial charge is 0.358 e. The Morgan fingerprint density at radius 2 is 1.91 bits per heavy atom. The molecule has 0 saturated heterocycles. The lowest BCUT2D eigenvalue weighted by Crippen LogP contribution is -2.12. The van der Waals surface area contributed by atoms with Gasteiger partial charge in [0.15, 0.2) is 11.5 Å². The summed E-state index contributed by atoms with van der Waals surface area (Å²) in [5.41, 5.74) is 2.78. The number of nitrogens with one attached hydrogen (secondary N) is 1. The number of anilines is 1. The van der Waals surface area contributed by atoms with Crippen molar-refractivity contribution in [1.29, 1.82) is 0 Å². The van der Waals surface area contributed by atoms with Gasteiger partial charge in [0.25, 0.3) is 0 Å². The highest BCUT2D eigenvalue weighted by Gasteiger charge is 2.16. The minimum Gasteiger partial charge on any atom is -0.358 e. The van der Waals surface area contributed by atoms with Crippen LogP contribution in [0.15, 0.2) is 16.7 Å². The van der Waals surface area contributed by atoms with Gasteiger partial charge < -0.3 is 9.84 Å². The minimum atomic E-state index is -0.115. The Labute approximate surface area is 128 Å². The molecular weight excluding hydrogens is 280 g/mol. The third-order valence-electron chi connectivity index (χ3n) is 3.44. The third kappa shape index (κ3) is 2.66. The summed E-state index contributed by atoms with van der Waals surface area (Å²) in [6.07, 6.45) is 0. The summed E-state index contributed by atoms with van der Waals surface area (Å²) in [5, 5.41) is 11.7. The molecule has 0 aliphatic rings. The summed E-state index contributed by atoms with van der Waals surface area (Å²) in [6, 6.07) is 3.87. The molecule has 3 heterocycles. The van der Waals surface area contributed by atoms with E-state index >= 15 is 0 Å². The van der Waals surface area contributed by atoms with Crippen LogP contribution in [0.2, 0.25) is 0 Å². The van der Waals surface area contributed by atoms with Crippen LogP contribution in [0, 0.1) is 13.8 Å². The van der Waals surface area contributed by atoms with E-state index in [1.807, 2.05) is 26.0 Å². The van der Waals surface area contributed by atoms with Crippen LogP contribution in [-0.4, -0.2) is 24.7 Å². The quantitative estimate of drug-likeness (QED) is 0.797. The van der Waals surface area contributed by atoms with E-state index in [2.05, 4.69) is 39.4 Å². The molecule has 3 rings (SSSR count). The summed E-state index contributed by atoms with van der Waals surface area (Å²) in [6.45, 7) is 9.98. The average Bonchev–Trinajstić information content (AvgIpc) is 3.03. The fourth-order valence-corrected chi connectivity index (χ4v) is 2.28. The van der Waals surface area contributed by atoms with Crippen molar-refractivity contribution < 1.29 is 4.52 Å². The first-order valence-electron chi connectivity index (χ1n) is 7.38. The maximum Gasteiger partial charge on any atom is 0.248 e. The van der Waals surface area contributed by atoms with Crippen molar-refractivity contribution in [3.8, 4) is 0 Å². The molecule has 3 aromatic rings. The van der Waals surface area contributed by atoms with Crippen LogP contribution >= 0.6 is 0 Å². The van der Waals surface area contributed by atoms with Gasteiger partial charge >= 0.3 is 0 Å². The van der Waals surface area contributed by atoms with E-state index < -0.39 is 0 Å². The smallest absolute Gasteiger partial charge is 0.248 e. The Bertz CT molecular complexity index is 804. The zero-order chi connectivity index (χ0) is 15.9. The third-order valence-corrected chi connectivity index (χ3v) is 3.44. The summed E-state index contributed by atoms with van der Waals surface area (Å²) in [4.78, 5) is 8.91. The Morgan fingerprint density at radius 1 is 1.14 bits per heavy atom. The Morgan fingerprint density at radius 3 is 2.55 bits per heavy atom. The normalized spacial score (nSPS) is 13.0. The molecular formula is C15H20N6O. The second-order valence-electron chi connectivity index (χ2n) is 5.82. The molecule has 0 spiro atoms. The molecule has 22 heavy (non-hydrogen) atoms. The molecule has 0 radical (unpaired) electrons. The first-order chi connectivity index (χ1) is 10.4. The van der Waals surface area contributed by atoms with Crippen molar-refractivity contribution >= 4 is 11.5 Å². The summed E-state index contributed by atoms with van der Waals surface area (Å²) in [7, 11) is 0. The molecule has 0 bridgehead atoms. The lowest BCUT2D eigenvalue weighted by molar-refractivity contribution is 0.364. The van der Waals surface area contributed by atoms with Crippen molar-refractivity contribution in [2.24, 2.45) is 0 Å². The Kier molecular flexibility index (Phi) is 3.56. The summed E-state index contributed by atoms with van der Waals surface area (Å²) >= 11 is 0. The molecule has 0 unspecified atom stereocenters. The van der Waals surface area contributed by atoms with Crippen molar-refractivity contribution in [3.63, 3.8) is 0 Å². The highest BCUT2D eigenvalue weighted by atomic mass is 16.5. The minimum absolute atomic E-state index is 0.115. The Hall–Kier alpha value is -2.44. The van der Waals surface area contributed by atoms with Gasteiger partial charge in [0.05, 0.1) is 5.69 Å².